The van der Waals surface area contributed by atoms with Gasteiger partial charge >= 0.3 is 11.9 Å². The van der Waals surface area contributed by atoms with Crippen molar-refractivity contribution in [2.75, 3.05) is 0 Å². The van der Waals surface area contributed by atoms with E-state index in [1.54, 1.807) is 6.07 Å². The van der Waals surface area contributed by atoms with Crippen LogP contribution < -0.4 is 9.47 Å². The molecule has 0 aliphatic rings. The van der Waals surface area contributed by atoms with Crippen molar-refractivity contribution >= 4 is 11.9 Å². The van der Waals surface area contributed by atoms with E-state index in [9.17, 15) is 9.59 Å². The second-order valence-corrected chi connectivity index (χ2v) is 3.96. The van der Waals surface area contributed by atoms with Crippen molar-refractivity contribution in [2.45, 2.75) is 34.6 Å². The Balaban J connectivity index is 3.34. The minimum Gasteiger partial charge on any atom is -0.423 e. The molecule has 4 nitrogen and oxygen atoms in total. The highest BCUT2D eigenvalue weighted by Gasteiger charge is 2.16. The first kappa shape index (κ1) is 13.2. The molecular weight excluding hydrogens is 220 g/mol. The van der Waals surface area contributed by atoms with Crippen LogP contribution in [-0.4, -0.2) is 11.9 Å². The third-order valence-corrected chi connectivity index (χ3v) is 2.57. The van der Waals surface area contributed by atoms with Crippen molar-refractivity contribution in [1.82, 2.24) is 0 Å². The molecular formula is C13H16O4. The van der Waals surface area contributed by atoms with Crippen molar-refractivity contribution in [3.8, 4) is 11.5 Å². The highest BCUT2D eigenvalue weighted by molar-refractivity contribution is 5.75. The summed E-state index contributed by atoms with van der Waals surface area (Å²) in [5.41, 5.74) is 2.79. The van der Waals surface area contributed by atoms with E-state index in [4.69, 9.17) is 9.47 Å². The van der Waals surface area contributed by atoms with Gasteiger partial charge in [0.05, 0.1) is 0 Å². The molecule has 4 heteroatoms. The third kappa shape index (κ3) is 3.06. The second kappa shape index (κ2) is 4.99. The standard InChI is InChI=1S/C13H16O4/c1-7-6-12(16-10(4)14)13(17-11(5)15)9(3)8(7)2/h6H,1-5H3. The van der Waals surface area contributed by atoms with E-state index in [-0.39, 0.29) is 5.75 Å². The Kier molecular flexibility index (Phi) is 3.89. The smallest absolute Gasteiger partial charge is 0.308 e. The van der Waals surface area contributed by atoms with Crippen LogP contribution in [0.5, 0.6) is 11.5 Å². The number of benzene rings is 1. The zero-order valence-corrected chi connectivity index (χ0v) is 10.7. The summed E-state index contributed by atoms with van der Waals surface area (Å²) in [6.07, 6.45) is 0. The average Bonchev–Trinajstić information content (AvgIpc) is 2.20. The molecule has 0 N–H and O–H groups in total. The lowest BCUT2D eigenvalue weighted by atomic mass is 10.0. The lowest BCUT2D eigenvalue weighted by Gasteiger charge is -2.15. The van der Waals surface area contributed by atoms with E-state index < -0.39 is 11.9 Å². The lowest BCUT2D eigenvalue weighted by molar-refractivity contribution is -0.134. The molecule has 0 atom stereocenters. The monoisotopic (exact) mass is 236 g/mol. The molecule has 0 aliphatic heterocycles. The van der Waals surface area contributed by atoms with Gasteiger partial charge in [-0.15, -0.1) is 0 Å². The Morgan fingerprint density at radius 2 is 1.47 bits per heavy atom. The number of carbonyl (C=O) groups is 2. The Bertz CT molecular complexity index is 475. The molecule has 0 radical (unpaired) electrons. The van der Waals surface area contributed by atoms with Crippen molar-refractivity contribution in [1.29, 1.82) is 0 Å². The predicted octanol–water partition coefficient (Wildman–Crippen LogP) is 2.46. The van der Waals surface area contributed by atoms with Gasteiger partial charge in [-0.05, 0) is 43.5 Å². The molecule has 1 aromatic carbocycles. The van der Waals surface area contributed by atoms with Crippen LogP contribution in [0.3, 0.4) is 0 Å². The number of esters is 2. The van der Waals surface area contributed by atoms with E-state index in [2.05, 4.69) is 0 Å². The number of aryl methyl sites for hydroxylation is 1. The Hall–Kier alpha value is -1.84. The third-order valence-electron chi connectivity index (χ3n) is 2.57. The number of rotatable bonds is 2. The second-order valence-electron chi connectivity index (χ2n) is 3.96. The fourth-order valence-electron chi connectivity index (χ4n) is 1.52. The van der Waals surface area contributed by atoms with Gasteiger partial charge in [0.15, 0.2) is 11.5 Å². The van der Waals surface area contributed by atoms with Gasteiger partial charge in [0.1, 0.15) is 0 Å². The van der Waals surface area contributed by atoms with Gasteiger partial charge in [-0.3, -0.25) is 9.59 Å². The molecule has 0 saturated heterocycles. The molecule has 0 spiro atoms. The molecule has 1 rings (SSSR count). The van der Waals surface area contributed by atoms with Crippen LogP contribution in [0.1, 0.15) is 30.5 Å². The van der Waals surface area contributed by atoms with Crippen LogP contribution in [0.4, 0.5) is 0 Å². The number of hydrogen-bond donors (Lipinski definition) is 0. The van der Waals surface area contributed by atoms with Gasteiger partial charge < -0.3 is 9.47 Å². The molecule has 0 amide bonds. The Morgan fingerprint density at radius 3 is 1.94 bits per heavy atom. The molecule has 0 fully saturated rings. The quantitative estimate of drug-likeness (QED) is 0.584. The minimum atomic E-state index is -0.443. The molecule has 0 saturated carbocycles. The Labute approximate surface area is 101 Å². The van der Waals surface area contributed by atoms with Gasteiger partial charge in [-0.25, -0.2) is 0 Å². The topological polar surface area (TPSA) is 52.6 Å². The maximum Gasteiger partial charge on any atom is 0.308 e. The van der Waals surface area contributed by atoms with Crippen molar-refractivity contribution in [3.63, 3.8) is 0 Å². The van der Waals surface area contributed by atoms with E-state index in [0.717, 1.165) is 16.7 Å². The summed E-state index contributed by atoms with van der Waals surface area (Å²) in [4.78, 5) is 22.0. The first-order valence-electron chi connectivity index (χ1n) is 5.30. The zero-order chi connectivity index (χ0) is 13.2. The lowest BCUT2D eigenvalue weighted by Crippen LogP contribution is -2.09. The molecule has 17 heavy (non-hydrogen) atoms. The number of ether oxygens (including phenoxy) is 2. The summed E-state index contributed by atoms with van der Waals surface area (Å²) < 4.78 is 10.1. The summed E-state index contributed by atoms with van der Waals surface area (Å²) >= 11 is 0. The van der Waals surface area contributed by atoms with Gasteiger partial charge in [0, 0.05) is 13.8 Å². The summed E-state index contributed by atoms with van der Waals surface area (Å²) in [5, 5.41) is 0. The average molecular weight is 236 g/mol. The maximum absolute atomic E-state index is 11.0. The van der Waals surface area contributed by atoms with Crippen LogP contribution in [0.25, 0.3) is 0 Å². The maximum atomic E-state index is 11.0. The van der Waals surface area contributed by atoms with E-state index in [0.29, 0.717) is 5.75 Å². The molecule has 1 aromatic rings. The van der Waals surface area contributed by atoms with Crippen LogP contribution in [-0.2, 0) is 9.59 Å². The fraction of sp³-hybridized carbons (Fsp3) is 0.385. The van der Waals surface area contributed by atoms with Crippen LogP contribution in [0.2, 0.25) is 0 Å². The van der Waals surface area contributed by atoms with E-state index in [1.807, 2.05) is 20.8 Å². The molecule has 0 bridgehead atoms. The largest absolute Gasteiger partial charge is 0.423 e. The normalized spacial score (nSPS) is 9.94. The van der Waals surface area contributed by atoms with Gasteiger partial charge in [-0.2, -0.15) is 0 Å². The molecule has 0 unspecified atom stereocenters. The van der Waals surface area contributed by atoms with E-state index >= 15 is 0 Å². The number of hydrogen-bond acceptors (Lipinski definition) is 4. The highest BCUT2D eigenvalue weighted by atomic mass is 16.6. The Morgan fingerprint density at radius 1 is 0.941 bits per heavy atom. The van der Waals surface area contributed by atoms with Crippen LogP contribution >= 0.6 is 0 Å². The highest BCUT2D eigenvalue weighted by Crippen LogP contribution is 2.35. The van der Waals surface area contributed by atoms with Crippen molar-refractivity contribution < 1.29 is 19.1 Å². The molecule has 0 aromatic heterocycles. The van der Waals surface area contributed by atoms with Gasteiger partial charge in [0.25, 0.3) is 0 Å². The van der Waals surface area contributed by atoms with Crippen molar-refractivity contribution in [3.05, 3.63) is 22.8 Å². The molecule has 92 valence electrons. The summed E-state index contributed by atoms with van der Waals surface area (Å²) in [6, 6.07) is 1.70. The first-order valence-corrected chi connectivity index (χ1v) is 5.30. The summed E-state index contributed by atoms with van der Waals surface area (Å²) in [7, 11) is 0. The predicted molar refractivity (Wildman–Crippen MR) is 63.3 cm³/mol. The fourth-order valence-corrected chi connectivity index (χ4v) is 1.52. The first-order chi connectivity index (χ1) is 7.82. The van der Waals surface area contributed by atoms with E-state index in [1.165, 1.54) is 13.8 Å². The van der Waals surface area contributed by atoms with Gasteiger partial charge in [-0.1, -0.05) is 0 Å². The molecule has 0 heterocycles. The SMILES string of the molecule is CC(=O)Oc1cc(C)c(C)c(C)c1OC(C)=O. The summed E-state index contributed by atoms with van der Waals surface area (Å²) in [6.45, 7) is 8.28. The zero-order valence-electron chi connectivity index (χ0n) is 10.7. The molecule has 0 aliphatic carbocycles. The van der Waals surface area contributed by atoms with Gasteiger partial charge in [0.2, 0.25) is 0 Å². The summed E-state index contributed by atoms with van der Waals surface area (Å²) in [5.74, 6) is -0.282. The number of carbonyl (C=O) groups excluding carboxylic acids is 2. The van der Waals surface area contributed by atoms with Crippen molar-refractivity contribution in [2.24, 2.45) is 0 Å². The minimum absolute atomic E-state index is 0.285. The van der Waals surface area contributed by atoms with Crippen LogP contribution in [0.15, 0.2) is 6.07 Å². The van der Waals surface area contributed by atoms with Crippen LogP contribution in [0, 0.1) is 20.8 Å².